The van der Waals surface area contributed by atoms with Gasteiger partial charge in [-0.25, -0.2) is 4.39 Å². The number of hydrogen-bond acceptors (Lipinski definition) is 4. The molecule has 1 aliphatic rings. The van der Waals surface area contributed by atoms with E-state index < -0.39 is 0 Å². The lowest BCUT2D eigenvalue weighted by molar-refractivity contribution is 0.265. The molecule has 2 heterocycles. The van der Waals surface area contributed by atoms with E-state index in [4.69, 9.17) is 0 Å². The van der Waals surface area contributed by atoms with E-state index in [2.05, 4.69) is 15.4 Å². The molecule has 1 aliphatic heterocycles. The Morgan fingerprint density at radius 1 is 1.31 bits per heavy atom. The first kappa shape index (κ1) is 16.5. The van der Waals surface area contributed by atoms with Crippen LogP contribution in [0.5, 0.6) is 0 Å². The minimum atomic E-state index is -0.237. The molecule has 1 fully saturated rings. The van der Waals surface area contributed by atoms with Crippen LogP contribution in [0.3, 0.4) is 0 Å². The molecule has 5 nitrogen and oxygen atoms in total. The topological polar surface area (TPSA) is 59.3 Å². The number of carbonyl (C=O) groups excluding carboxylic acids is 1. The van der Waals surface area contributed by atoms with Gasteiger partial charge in [0.2, 0.25) is 0 Å². The maximum Gasteiger partial charge on any atom is 0.289 e. The Balaban J connectivity index is 1.64. The zero-order valence-electron chi connectivity index (χ0n) is 13.9. The second-order valence-electron chi connectivity index (χ2n) is 5.83. The summed E-state index contributed by atoms with van der Waals surface area (Å²) in [6, 6.07) is 12.5. The molecule has 0 saturated carbocycles. The third kappa shape index (κ3) is 3.25. The number of amides is 1. The first-order chi connectivity index (χ1) is 12.6. The standard InChI is InChI=1S/C19H15FN4OS/c1-21-18-17(26-19(25)22-18)9-12-6-7-16-14(8-12)11-24(23-16)10-13-4-2-3-5-15(13)20/h2-9,11H,10H2,1H3,(H,21,22,25)/b17-9-. The number of hydrogen-bond donors (Lipinski definition) is 1. The molecule has 1 N–H and O–H groups in total. The fourth-order valence-corrected chi connectivity index (χ4v) is 3.60. The first-order valence-electron chi connectivity index (χ1n) is 8.01. The van der Waals surface area contributed by atoms with Crippen molar-refractivity contribution in [1.29, 1.82) is 0 Å². The third-order valence-electron chi connectivity index (χ3n) is 4.04. The minimum Gasteiger partial charge on any atom is -0.300 e. The Hall–Kier alpha value is -2.93. The van der Waals surface area contributed by atoms with E-state index in [1.807, 2.05) is 36.5 Å². The summed E-state index contributed by atoms with van der Waals surface area (Å²) in [5.74, 6) is 0.342. The van der Waals surface area contributed by atoms with E-state index in [1.54, 1.807) is 23.9 Å². The van der Waals surface area contributed by atoms with Crippen molar-refractivity contribution in [3.05, 3.63) is 70.5 Å². The van der Waals surface area contributed by atoms with E-state index in [0.29, 0.717) is 17.9 Å². The predicted molar refractivity (Wildman–Crippen MR) is 103 cm³/mol. The largest absolute Gasteiger partial charge is 0.300 e. The molecule has 7 heteroatoms. The predicted octanol–water partition coefficient (Wildman–Crippen LogP) is 4.05. The maximum absolute atomic E-state index is 13.8. The lowest BCUT2D eigenvalue weighted by Crippen LogP contribution is -2.18. The molecule has 0 unspecified atom stereocenters. The zero-order valence-corrected chi connectivity index (χ0v) is 14.8. The van der Waals surface area contributed by atoms with E-state index >= 15 is 0 Å². The van der Waals surface area contributed by atoms with Crippen molar-refractivity contribution in [3.63, 3.8) is 0 Å². The fourth-order valence-electron chi connectivity index (χ4n) is 2.81. The molecule has 0 spiro atoms. The number of aliphatic imine (C=N–C) groups is 1. The van der Waals surface area contributed by atoms with E-state index in [-0.39, 0.29) is 11.1 Å². The van der Waals surface area contributed by atoms with Crippen molar-refractivity contribution in [2.24, 2.45) is 4.99 Å². The van der Waals surface area contributed by atoms with Gasteiger partial charge in [0.25, 0.3) is 5.24 Å². The van der Waals surface area contributed by atoms with Crippen molar-refractivity contribution >= 4 is 39.8 Å². The van der Waals surface area contributed by atoms with E-state index in [9.17, 15) is 9.18 Å². The van der Waals surface area contributed by atoms with Crippen molar-refractivity contribution in [2.45, 2.75) is 6.54 Å². The molecule has 26 heavy (non-hydrogen) atoms. The SMILES string of the molecule is CN=C1NC(=O)S/C1=C\c1ccc2nn(Cc3ccccc3F)cc2c1. The monoisotopic (exact) mass is 366 g/mol. The smallest absolute Gasteiger partial charge is 0.289 e. The molecule has 0 aliphatic carbocycles. The molecule has 0 bridgehead atoms. The normalized spacial score (nSPS) is 17.4. The van der Waals surface area contributed by atoms with Crippen LogP contribution in [0, 0.1) is 5.82 Å². The highest BCUT2D eigenvalue weighted by molar-refractivity contribution is 8.18. The van der Waals surface area contributed by atoms with Gasteiger partial charge < -0.3 is 5.32 Å². The van der Waals surface area contributed by atoms with Gasteiger partial charge in [-0.15, -0.1) is 0 Å². The number of nitrogens with zero attached hydrogens (tertiary/aromatic N) is 3. The van der Waals surface area contributed by atoms with Gasteiger partial charge in [0.05, 0.1) is 17.0 Å². The molecule has 0 atom stereocenters. The van der Waals surface area contributed by atoms with Crippen LogP contribution in [0.2, 0.25) is 0 Å². The number of carbonyl (C=O) groups is 1. The molecule has 0 radical (unpaired) electrons. The molecule has 1 aromatic heterocycles. The lowest BCUT2D eigenvalue weighted by Gasteiger charge is -2.02. The molecular formula is C19H15FN4OS. The van der Waals surface area contributed by atoms with Crippen LogP contribution in [-0.2, 0) is 6.54 Å². The number of thioether (sulfide) groups is 1. The Morgan fingerprint density at radius 2 is 2.15 bits per heavy atom. The summed E-state index contributed by atoms with van der Waals surface area (Å²) >= 11 is 1.12. The van der Waals surface area contributed by atoms with Crippen molar-refractivity contribution in [2.75, 3.05) is 7.05 Å². The van der Waals surface area contributed by atoms with Gasteiger partial charge >= 0.3 is 0 Å². The van der Waals surface area contributed by atoms with Crippen LogP contribution in [0.25, 0.3) is 17.0 Å². The van der Waals surface area contributed by atoms with Crippen LogP contribution < -0.4 is 5.32 Å². The summed E-state index contributed by atoms with van der Waals surface area (Å²) in [6.07, 6.45) is 3.81. The summed E-state index contributed by atoms with van der Waals surface area (Å²) < 4.78 is 15.6. The van der Waals surface area contributed by atoms with Crippen LogP contribution >= 0.6 is 11.8 Å². The van der Waals surface area contributed by atoms with Crippen LogP contribution in [-0.4, -0.2) is 27.9 Å². The van der Waals surface area contributed by atoms with Gasteiger partial charge in [-0.2, -0.15) is 5.10 Å². The molecule has 1 saturated heterocycles. The van der Waals surface area contributed by atoms with Gasteiger partial charge in [0.15, 0.2) is 0 Å². The highest BCUT2D eigenvalue weighted by atomic mass is 32.2. The first-order valence-corrected chi connectivity index (χ1v) is 8.82. The summed E-state index contributed by atoms with van der Waals surface area (Å²) in [5.41, 5.74) is 2.38. The second kappa shape index (κ2) is 6.76. The average molecular weight is 366 g/mol. The quantitative estimate of drug-likeness (QED) is 0.761. The Kier molecular flexibility index (Phi) is 4.30. The fraction of sp³-hybridized carbons (Fsp3) is 0.105. The van der Waals surface area contributed by atoms with Crippen molar-refractivity contribution < 1.29 is 9.18 Å². The number of benzene rings is 2. The van der Waals surface area contributed by atoms with E-state index in [0.717, 1.165) is 33.1 Å². The number of amidine groups is 1. The summed E-state index contributed by atoms with van der Waals surface area (Å²) in [7, 11) is 1.64. The molecule has 1 amide bonds. The van der Waals surface area contributed by atoms with Gasteiger partial charge in [-0.05, 0) is 41.6 Å². The molecule has 4 rings (SSSR count). The highest BCUT2D eigenvalue weighted by Crippen LogP contribution is 2.27. The molecule has 130 valence electrons. The zero-order chi connectivity index (χ0) is 18.1. The average Bonchev–Trinajstić information content (AvgIpc) is 3.19. The van der Waals surface area contributed by atoms with Crippen LogP contribution in [0.4, 0.5) is 9.18 Å². The highest BCUT2D eigenvalue weighted by Gasteiger charge is 2.22. The molecule has 2 aromatic carbocycles. The number of rotatable bonds is 3. The van der Waals surface area contributed by atoms with Gasteiger partial charge in [0, 0.05) is 24.2 Å². The summed E-state index contributed by atoms with van der Waals surface area (Å²) in [6.45, 7) is 0.374. The van der Waals surface area contributed by atoms with Crippen molar-refractivity contribution in [1.82, 2.24) is 15.1 Å². The number of nitrogens with one attached hydrogen (secondary N) is 1. The Morgan fingerprint density at radius 3 is 2.96 bits per heavy atom. The van der Waals surface area contributed by atoms with Gasteiger partial charge in [0.1, 0.15) is 11.7 Å². The number of halogens is 1. The maximum atomic E-state index is 13.8. The summed E-state index contributed by atoms with van der Waals surface area (Å²) in [4.78, 5) is 16.4. The lowest BCUT2D eigenvalue weighted by atomic mass is 10.1. The molecular weight excluding hydrogens is 351 g/mol. The van der Waals surface area contributed by atoms with Crippen molar-refractivity contribution in [3.8, 4) is 0 Å². The van der Waals surface area contributed by atoms with Crippen LogP contribution in [0.15, 0.2) is 58.6 Å². The Bertz CT molecular complexity index is 1070. The third-order valence-corrected chi connectivity index (χ3v) is 4.86. The number of fused-ring (bicyclic) bond motifs is 1. The second-order valence-corrected chi connectivity index (χ2v) is 6.85. The van der Waals surface area contributed by atoms with E-state index in [1.165, 1.54) is 6.07 Å². The Labute approximate surface area is 153 Å². The summed E-state index contributed by atoms with van der Waals surface area (Å²) in [5, 5.41) is 8.02. The minimum absolute atomic E-state index is 0.129. The van der Waals surface area contributed by atoms with Gasteiger partial charge in [-0.3, -0.25) is 14.5 Å². The van der Waals surface area contributed by atoms with Crippen LogP contribution in [0.1, 0.15) is 11.1 Å². The molecule has 3 aromatic rings. The number of aromatic nitrogens is 2. The van der Waals surface area contributed by atoms with Gasteiger partial charge in [-0.1, -0.05) is 24.3 Å².